The molecule has 0 radical (unpaired) electrons. The summed E-state index contributed by atoms with van der Waals surface area (Å²) in [5, 5.41) is 6.90. The number of benzene rings is 2. The fourth-order valence-corrected chi connectivity index (χ4v) is 3.67. The number of aromatic nitrogens is 1. The third-order valence-corrected chi connectivity index (χ3v) is 5.31. The Morgan fingerprint density at radius 3 is 2.63 bits per heavy atom. The third-order valence-electron chi connectivity index (χ3n) is 4.21. The molecule has 0 saturated carbocycles. The van der Waals surface area contributed by atoms with Crippen molar-refractivity contribution < 1.29 is 9.32 Å². The highest BCUT2D eigenvalue weighted by atomic mass is 32.2. The molecule has 0 aliphatic rings. The molecule has 27 heavy (non-hydrogen) atoms. The van der Waals surface area contributed by atoms with E-state index in [2.05, 4.69) is 29.5 Å². The molecule has 5 heteroatoms. The van der Waals surface area contributed by atoms with Crippen LogP contribution in [0.4, 0.5) is 5.69 Å². The van der Waals surface area contributed by atoms with Gasteiger partial charge in [0.15, 0.2) is 0 Å². The van der Waals surface area contributed by atoms with E-state index >= 15 is 0 Å². The van der Waals surface area contributed by atoms with Gasteiger partial charge in [0.25, 0.3) is 5.91 Å². The molecule has 2 aromatic carbocycles. The van der Waals surface area contributed by atoms with Gasteiger partial charge in [0.2, 0.25) is 0 Å². The summed E-state index contributed by atoms with van der Waals surface area (Å²) in [7, 11) is 0. The Morgan fingerprint density at radius 2 is 1.93 bits per heavy atom. The zero-order chi connectivity index (χ0) is 19.1. The van der Waals surface area contributed by atoms with Crippen molar-refractivity contribution in [1.29, 1.82) is 0 Å². The van der Waals surface area contributed by atoms with Gasteiger partial charge in [-0.25, -0.2) is 0 Å². The van der Waals surface area contributed by atoms with Crippen LogP contribution in [0.3, 0.4) is 0 Å². The number of aryl methyl sites for hydroxylation is 2. The van der Waals surface area contributed by atoms with Crippen molar-refractivity contribution in [2.75, 3.05) is 5.32 Å². The lowest BCUT2D eigenvalue weighted by Gasteiger charge is -2.10. The van der Waals surface area contributed by atoms with Crippen molar-refractivity contribution in [3.63, 3.8) is 0 Å². The van der Waals surface area contributed by atoms with Crippen LogP contribution in [0.2, 0.25) is 0 Å². The Labute approximate surface area is 164 Å². The van der Waals surface area contributed by atoms with E-state index in [1.807, 2.05) is 49.4 Å². The van der Waals surface area contributed by atoms with Gasteiger partial charge in [0, 0.05) is 16.6 Å². The molecule has 1 amide bonds. The highest BCUT2D eigenvalue weighted by Crippen LogP contribution is 2.27. The van der Waals surface area contributed by atoms with Crippen LogP contribution in [0.5, 0.6) is 0 Å². The molecule has 1 aromatic heterocycles. The van der Waals surface area contributed by atoms with Gasteiger partial charge >= 0.3 is 0 Å². The minimum atomic E-state index is -0.104. The maximum Gasteiger partial charge on any atom is 0.256 e. The van der Waals surface area contributed by atoms with Crippen molar-refractivity contribution in [3.05, 3.63) is 77.2 Å². The standard InChI is InChI=1S/C22H24N2O2S/c1-3-4-7-17-10-12-18(13-11-17)23-22(25)20-8-5-6-9-21(20)27-15-19-14-16(2)24-26-19/h5-6,8-14H,3-4,7,15H2,1-2H3,(H,23,25). The van der Waals surface area contributed by atoms with Crippen LogP contribution in [-0.2, 0) is 12.2 Å². The van der Waals surface area contributed by atoms with Gasteiger partial charge in [-0.2, -0.15) is 0 Å². The minimum absolute atomic E-state index is 0.104. The summed E-state index contributed by atoms with van der Waals surface area (Å²) in [6.45, 7) is 4.08. The molecule has 1 heterocycles. The molecule has 3 aromatic rings. The number of nitrogens with one attached hydrogen (secondary N) is 1. The molecule has 0 fully saturated rings. The monoisotopic (exact) mass is 380 g/mol. The van der Waals surface area contributed by atoms with E-state index in [9.17, 15) is 4.79 Å². The zero-order valence-electron chi connectivity index (χ0n) is 15.7. The summed E-state index contributed by atoms with van der Waals surface area (Å²) in [6, 6.07) is 17.6. The summed E-state index contributed by atoms with van der Waals surface area (Å²) in [4.78, 5) is 13.7. The molecule has 0 aliphatic carbocycles. The number of carbonyl (C=O) groups is 1. The minimum Gasteiger partial charge on any atom is -0.360 e. The van der Waals surface area contributed by atoms with E-state index in [1.54, 1.807) is 11.8 Å². The van der Waals surface area contributed by atoms with Crippen molar-refractivity contribution in [3.8, 4) is 0 Å². The molecule has 0 atom stereocenters. The molecule has 4 nitrogen and oxygen atoms in total. The summed E-state index contributed by atoms with van der Waals surface area (Å²) >= 11 is 1.57. The van der Waals surface area contributed by atoms with Crippen LogP contribution in [-0.4, -0.2) is 11.1 Å². The van der Waals surface area contributed by atoms with Gasteiger partial charge in [0.1, 0.15) is 5.76 Å². The molecule has 0 spiro atoms. The molecule has 0 bridgehead atoms. The Balaban J connectivity index is 1.65. The highest BCUT2D eigenvalue weighted by molar-refractivity contribution is 7.98. The number of amides is 1. The SMILES string of the molecule is CCCCc1ccc(NC(=O)c2ccccc2SCc2cc(C)no2)cc1. The van der Waals surface area contributed by atoms with Gasteiger partial charge in [-0.05, 0) is 49.6 Å². The second-order valence-corrected chi connectivity index (χ2v) is 7.49. The fourth-order valence-electron chi connectivity index (χ4n) is 2.75. The predicted octanol–water partition coefficient (Wildman–Crippen LogP) is 5.87. The third kappa shape index (κ3) is 5.47. The first kappa shape index (κ1) is 19.2. The lowest BCUT2D eigenvalue weighted by Crippen LogP contribution is -2.13. The second kappa shape index (κ2) is 9.42. The number of hydrogen-bond donors (Lipinski definition) is 1. The van der Waals surface area contributed by atoms with Crippen molar-refractivity contribution >= 4 is 23.4 Å². The Kier molecular flexibility index (Phi) is 6.71. The van der Waals surface area contributed by atoms with E-state index in [0.29, 0.717) is 11.3 Å². The number of nitrogens with zero attached hydrogens (tertiary/aromatic N) is 1. The van der Waals surface area contributed by atoms with Crippen LogP contribution >= 0.6 is 11.8 Å². The number of carbonyl (C=O) groups excluding carboxylic acids is 1. The van der Waals surface area contributed by atoms with Crippen LogP contribution in [0.15, 0.2) is 64.0 Å². The van der Waals surface area contributed by atoms with E-state index in [4.69, 9.17) is 4.52 Å². The summed E-state index contributed by atoms with van der Waals surface area (Å²) in [5.41, 5.74) is 3.63. The van der Waals surface area contributed by atoms with Crippen molar-refractivity contribution in [1.82, 2.24) is 5.16 Å². The fraction of sp³-hybridized carbons (Fsp3) is 0.273. The lowest BCUT2D eigenvalue weighted by molar-refractivity contribution is 0.102. The van der Waals surface area contributed by atoms with Gasteiger partial charge in [-0.15, -0.1) is 11.8 Å². The summed E-state index contributed by atoms with van der Waals surface area (Å²) in [5.74, 6) is 1.33. The smallest absolute Gasteiger partial charge is 0.256 e. The zero-order valence-corrected chi connectivity index (χ0v) is 16.5. The molecule has 0 saturated heterocycles. The normalized spacial score (nSPS) is 10.7. The molecular formula is C22H24N2O2S. The van der Waals surface area contributed by atoms with E-state index in [-0.39, 0.29) is 5.91 Å². The molecule has 0 aliphatic heterocycles. The quantitative estimate of drug-likeness (QED) is 0.497. The average molecular weight is 381 g/mol. The van der Waals surface area contributed by atoms with Crippen LogP contribution in [0, 0.1) is 6.92 Å². The average Bonchev–Trinajstić information content (AvgIpc) is 3.11. The van der Waals surface area contributed by atoms with E-state index < -0.39 is 0 Å². The molecule has 1 N–H and O–H groups in total. The highest BCUT2D eigenvalue weighted by Gasteiger charge is 2.13. The molecule has 3 rings (SSSR count). The van der Waals surface area contributed by atoms with Crippen molar-refractivity contribution in [2.45, 2.75) is 43.8 Å². The number of rotatable bonds is 8. The van der Waals surface area contributed by atoms with Gasteiger partial charge < -0.3 is 9.84 Å². The Bertz CT molecular complexity index is 887. The number of thioether (sulfide) groups is 1. The largest absolute Gasteiger partial charge is 0.360 e. The van der Waals surface area contributed by atoms with Gasteiger partial charge in [-0.1, -0.05) is 42.8 Å². The maximum absolute atomic E-state index is 12.7. The molecular weight excluding hydrogens is 356 g/mol. The maximum atomic E-state index is 12.7. The van der Waals surface area contributed by atoms with E-state index in [0.717, 1.165) is 28.5 Å². The van der Waals surface area contributed by atoms with Crippen LogP contribution in [0.25, 0.3) is 0 Å². The first-order chi connectivity index (χ1) is 13.2. The molecule has 140 valence electrons. The number of hydrogen-bond acceptors (Lipinski definition) is 4. The topological polar surface area (TPSA) is 55.1 Å². The number of anilines is 1. The Morgan fingerprint density at radius 1 is 1.15 bits per heavy atom. The predicted molar refractivity (Wildman–Crippen MR) is 110 cm³/mol. The van der Waals surface area contributed by atoms with Gasteiger partial charge in [0.05, 0.1) is 17.0 Å². The van der Waals surface area contributed by atoms with Crippen LogP contribution < -0.4 is 5.32 Å². The molecule has 0 unspecified atom stereocenters. The van der Waals surface area contributed by atoms with Crippen molar-refractivity contribution in [2.24, 2.45) is 0 Å². The van der Waals surface area contributed by atoms with Crippen LogP contribution in [0.1, 0.15) is 47.1 Å². The summed E-state index contributed by atoms with van der Waals surface area (Å²) in [6.07, 6.45) is 3.44. The summed E-state index contributed by atoms with van der Waals surface area (Å²) < 4.78 is 5.25. The first-order valence-corrected chi connectivity index (χ1v) is 10.2. The van der Waals surface area contributed by atoms with Gasteiger partial charge in [-0.3, -0.25) is 4.79 Å². The van der Waals surface area contributed by atoms with E-state index in [1.165, 1.54) is 18.4 Å². The first-order valence-electron chi connectivity index (χ1n) is 9.20. The number of unbranched alkanes of at least 4 members (excludes halogenated alkanes) is 1. The second-order valence-electron chi connectivity index (χ2n) is 6.47. The Hall–Kier alpha value is -2.53. The lowest BCUT2D eigenvalue weighted by atomic mass is 10.1.